The lowest BCUT2D eigenvalue weighted by atomic mass is 10.1. The standard InChI is InChI=1S/C12H13NO4/c1-7-2-3-9(10(14)4-7)13-6-8(12(16)17)5-11(13)15/h2-4,8,14H,5-6H2,1H3,(H,16,17)/t8-/m1/s1. The Morgan fingerprint density at radius 3 is 2.71 bits per heavy atom. The third-order valence-corrected chi connectivity index (χ3v) is 2.90. The number of benzene rings is 1. The van der Waals surface area contributed by atoms with Gasteiger partial charge in [-0.05, 0) is 24.6 Å². The third-order valence-electron chi connectivity index (χ3n) is 2.90. The van der Waals surface area contributed by atoms with Crippen molar-refractivity contribution in [2.45, 2.75) is 13.3 Å². The summed E-state index contributed by atoms with van der Waals surface area (Å²) in [6, 6.07) is 4.96. The maximum atomic E-state index is 11.7. The Balaban J connectivity index is 2.29. The van der Waals surface area contributed by atoms with Gasteiger partial charge >= 0.3 is 5.97 Å². The van der Waals surface area contributed by atoms with Crippen molar-refractivity contribution in [3.63, 3.8) is 0 Å². The molecule has 0 saturated carbocycles. The van der Waals surface area contributed by atoms with Gasteiger partial charge in [-0.1, -0.05) is 6.07 Å². The molecule has 0 aromatic heterocycles. The summed E-state index contributed by atoms with van der Waals surface area (Å²) in [4.78, 5) is 23.8. The van der Waals surface area contributed by atoms with Crippen molar-refractivity contribution in [3.05, 3.63) is 23.8 Å². The highest BCUT2D eigenvalue weighted by molar-refractivity contribution is 6.00. The first-order chi connectivity index (χ1) is 7.99. The van der Waals surface area contributed by atoms with E-state index >= 15 is 0 Å². The number of phenols is 1. The molecule has 1 aliphatic heterocycles. The predicted octanol–water partition coefficient (Wildman–Crippen LogP) is 1.14. The van der Waals surface area contributed by atoms with E-state index < -0.39 is 11.9 Å². The zero-order valence-corrected chi connectivity index (χ0v) is 9.38. The molecule has 0 aliphatic carbocycles. The molecule has 0 spiro atoms. The van der Waals surface area contributed by atoms with Gasteiger partial charge < -0.3 is 15.1 Å². The van der Waals surface area contributed by atoms with E-state index in [0.717, 1.165) is 5.56 Å². The van der Waals surface area contributed by atoms with Crippen molar-refractivity contribution in [2.24, 2.45) is 5.92 Å². The van der Waals surface area contributed by atoms with E-state index in [1.54, 1.807) is 18.2 Å². The normalized spacial score (nSPS) is 19.7. The third kappa shape index (κ3) is 2.08. The Labute approximate surface area is 98.3 Å². The summed E-state index contributed by atoms with van der Waals surface area (Å²) in [5.74, 6) is -1.93. The largest absolute Gasteiger partial charge is 0.506 e. The molecule has 1 heterocycles. The van der Waals surface area contributed by atoms with E-state index in [4.69, 9.17) is 5.11 Å². The maximum Gasteiger partial charge on any atom is 0.308 e. The van der Waals surface area contributed by atoms with Gasteiger partial charge in [0.25, 0.3) is 0 Å². The number of aromatic hydroxyl groups is 1. The summed E-state index contributed by atoms with van der Waals surface area (Å²) in [5, 5.41) is 18.6. The lowest BCUT2D eigenvalue weighted by molar-refractivity contribution is -0.141. The van der Waals surface area contributed by atoms with Gasteiger partial charge in [-0.3, -0.25) is 9.59 Å². The number of carbonyl (C=O) groups is 2. The van der Waals surface area contributed by atoms with Gasteiger partial charge in [0, 0.05) is 13.0 Å². The molecule has 2 N–H and O–H groups in total. The molecular weight excluding hydrogens is 222 g/mol. The van der Waals surface area contributed by atoms with Crippen LogP contribution < -0.4 is 4.90 Å². The van der Waals surface area contributed by atoms with Crippen LogP contribution in [0.4, 0.5) is 5.69 Å². The fourth-order valence-corrected chi connectivity index (χ4v) is 1.97. The molecule has 1 saturated heterocycles. The van der Waals surface area contributed by atoms with E-state index in [1.807, 2.05) is 6.92 Å². The Kier molecular flexibility index (Phi) is 2.75. The van der Waals surface area contributed by atoms with E-state index in [0.29, 0.717) is 5.69 Å². The average Bonchev–Trinajstić information content (AvgIpc) is 2.61. The molecule has 1 atom stereocenters. The van der Waals surface area contributed by atoms with Crippen molar-refractivity contribution in [1.29, 1.82) is 0 Å². The van der Waals surface area contributed by atoms with Crippen LogP contribution in [0.5, 0.6) is 5.75 Å². The Hall–Kier alpha value is -2.04. The van der Waals surface area contributed by atoms with Gasteiger partial charge in [-0.25, -0.2) is 0 Å². The zero-order chi connectivity index (χ0) is 12.6. The number of amides is 1. The van der Waals surface area contributed by atoms with Gasteiger partial charge in [0.2, 0.25) is 5.91 Å². The second-order valence-corrected chi connectivity index (χ2v) is 4.24. The molecular formula is C12H13NO4. The van der Waals surface area contributed by atoms with E-state index in [-0.39, 0.29) is 24.6 Å². The average molecular weight is 235 g/mol. The first kappa shape index (κ1) is 11.4. The van der Waals surface area contributed by atoms with Crippen LogP contribution in [0, 0.1) is 12.8 Å². The van der Waals surface area contributed by atoms with Crippen LogP contribution in [0.15, 0.2) is 18.2 Å². The van der Waals surface area contributed by atoms with Crippen LogP contribution in [0.25, 0.3) is 0 Å². The second-order valence-electron chi connectivity index (χ2n) is 4.24. The number of hydrogen-bond donors (Lipinski definition) is 2. The molecule has 17 heavy (non-hydrogen) atoms. The fourth-order valence-electron chi connectivity index (χ4n) is 1.97. The SMILES string of the molecule is Cc1ccc(N2C[C@H](C(=O)O)CC2=O)c(O)c1. The topological polar surface area (TPSA) is 77.8 Å². The molecule has 5 nitrogen and oxygen atoms in total. The summed E-state index contributed by atoms with van der Waals surface area (Å²) in [6.07, 6.45) is -0.0113. The maximum absolute atomic E-state index is 11.7. The number of aliphatic carboxylic acids is 1. The molecule has 0 unspecified atom stereocenters. The number of anilines is 1. The molecule has 0 radical (unpaired) electrons. The van der Waals surface area contributed by atoms with Crippen LogP contribution in [-0.2, 0) is 9.59 Å². The quantitative estimate of drug-likeness (QED) is 0.805. The summed E-state index contributed by atoms with van der Waals surface area (Å²) >= 11 is 0. The Morgan fingerprint density at radius 1 is 1.47 bits per heavy atom. The van der Waals surface area contributed by atoms with Crippen molar-refractivity contribution >= 4 is 17.6 Å². The molecule has 90 valence electrons. The molecule has 0 bridgehead atoms. The number of carbonyl (C=O) groups excluding carboxylic acids is 1. The highest BCUT2D eigenvalue weighted by Gasteiger charge is 2.35. The lowest BCUT2D eigenvalue weighted by Crippen LogP contribution is -2.25. The molecule has 1 fully saturated rings. The summed E-state index contributed by atoms with van der Waals surface area (Å²) in [7, 11) is 0. The van der Waals surface area contributed by atoms with Crippen LogP contribution in [0.1, 0.15) is 12.0 Å². The number of aryl methyl sites for hydroxylation is 1. The number of carboxylic acid groups (broad SMARTS) is 1. The molecule has 1 aromatic rings. The van der Waals surface area contributed by atoms with Gasteiger partial charge in [0.05, 0.1) is 11.6 Å². The molecule has 1 aromatic carbocycles. The fraction of sp³-hybridized carbons (Fsp3) is 0.333. The first-order valence-corrected chi connectivity index (χ1v) is 5.32. The number of carboxylic acids is 1. The molecule has 5 heteroatoms. The van der Waals surface area contributed by atoms with Gasteiger partial charge in [-0.2, -0.15) is 0 Å². The summed E-state index contributed by atoms with van der Waals surface area (Å²) in [6.45, 7) is 1.94. The summed E-state index contributed by atoms with van der Waals surface area (Å²) in [5.41, 5.74) is 1.26. The minimum atomic E-state index is -0.979. The molecule has 1 aliphatic rings. The van der Waals surface area contributed by atoms with E-state index in [9.17, 15) is 14.7 Å². The molecule has 1 amide bonds. The second kappa shape index (κ2) is 4.08. The number of nitrogens with zero attached hydrogens (tertiary/aromatic N) is 1. The van der Waals surface area contributed by atoms with Crippen LogP contribution >= 0.6 is 0 Å². The minimum Gasteiger partial charge on any atom is -0.506 e. The highest BCUT2D eigenvalue weighted by Crippen LogP contribution is 2.32. The first-order valence-electron chi connectivity index (χ1n) is 5.32. The molecule has 2 rings (SSSR count). The Morgan fingerprint density at radius 2 is 2.18 bits per heavy atom. The smallest absolute Gasteiger partial charge is 0.308 e. The monoisotopic (exact) mass is 235 g/mol. The Bertz CT molecular complexity index is 483. The number of hydrogen-bond acceptors (Lipinski definition) is 3. The van der Waals surface area contributed by atoms with Gasteiger partial charge in [0.1, 0.15) is 5.75 Å². The predicted molar refractivity (Wildman–Crippen MR) is 60.9 cm³/mol. The lowest BCUT2D eigenvalue weighted by Gasteiger charge is -2.17. The zero-order valence-electron chi connectivity index (χ0n) is 9.38. The van der Waals surface area contributed by atoms with Gasteiger partial charge in [0.15, 0.2) is 0 Å². The van der Waals surface area contributed by atoms with Gasteiger partial charge in [-0.15, -0.1) is 0 Å². The number of rotatable bonds is 2. The van der Waals surface area contributed by atoms with Crippen molar-refractivity contribution in [1.82, 2.24) is 0 Å². The van der Waals surface area contributed by atoms with Crippen molar-refractivity contribution in [3.8, 4) is 5.75 Å². The minimum absolute atomic E-state index is 0.00406. The van der Waals surface area contributed by atoms with E-state index in [1.165, 1.54) is 4.90 Å². The highest BCUT2D eigenvalue weighted by atomic mass is 16.4. The van der Waals surface area contributed by atoms with Crippen LogP contribution in [0.2, 0.25) is 0 Å². The van der Waals surface area contributed by atoms with Crippen LogP contribution in [0.3, 0.4) is 0 Å². The summed E-state index contributed by atoms with van der Waals surface area (Å²) < 4.78 is 0. The number of phenolic OH excluding ortho intramolecular Hbond substituents is 1. The van der Waals surface area contributed by atoms with Crippen molar-refractivity contribution < 1.29 is 19.8 Å². The van der Waals surface area contributed by atoms with E-state index in [2.05, 4.69) is 0 Å². The van der Waals surface area contributed by atoms with Crippen LogP contribution in [-0.4, -0.2) is 28.6 Å². The van der Waals surface area contributed by atoms with Crippen molar-refractivity contribution in [2.75, 3.05) is 11.4 Å².